The molecular formula is C18H28N2O. The van der Waals surface area contributed by atoms with Gasteiger partial charge in [-0.3, -0.25) is 4.79 Å². The molecule has 0 atom stereocenters. The second-order valence-corrected chi connectivity index (χ2v) is 6.32. The molecule has 2 N–H and O–H groups in total. The lowest BCUT2D eigenvalue weighted by molar-refractivity contribution is -0.123. The SMILES string of the molecule is CCCCC1CCC(C(=O)N(C)c2ccccc2N)CC1. The summed E-state index contributed by atoms with van der Waals surface area (Å²) in [6.07, 6.45) is 8.40. The number of carbonyl (C=O) groups excluding carboxylic acids is 1. The Kier molecular flexibility index (Phi) is 5.66. The first-order chi connectivity index (χ1) is 10.1. The average molecular weight is 288 g/mol. The van der Waals surface area contributed by atoms with E-state index in [0.717, 1.165) is 24.4 Å². The molecule has 0 spiro atoms. The maximum atomic E-state index is 12.6. The summed E-state index contributed by atoms with van der Waals surface area (Å²) < 4.78 is 0. The van der Waals surface area contributed by atoms with Crippen molar-refractivity contribution in [1.29, 1.82) is 0 Å². The Labute approximate surface area is 128 Å². The minimum atomic E-state index is 0.174. The van der Waals surface area contributed by atoms with Gasteiger partial charge in [0.05, 0.1) is 11.4 Å². The smallest absolute Gasteiger partial charge is 0.229 e. The maximum absolute atomic E-state index is 12.6. The highest BCUT2D eigenvalue weighted by Crippen LogP contribution is 2.34. The second kappa shape index (κ2) is 7.48. The second-order valence-electron chi connectivity index (χ2n) is 6.32. The van der Waals surface area contributed by atoms with Crippen molar-refractivity contribution in [3.8, 4) is 0 Å². The number of anilines is 2. The maximum Gasteiger partial charge on any atom is 0.229 e. The Bertz CT molecular complexity index is 464. The van der Waals surface area contributed by atoms with Gasteiger partial charge in [0.1, 0.15) is 0 Å². The number of nitrogens with zero attached hydrogens (tertiary/aromatic N) is 1. The number of hydrogen-bond acceptors (Lipinski definition) is 2. The minimum Gasteiger partial charge on any atom is -0.397 e. The van der Waals surface area contributed by atoms with Crippen LogP contribution in [0.3, 0.4) is 0 Å². The van der Waals surface area contributed by atoms with Gasteiger partial charge < -0.3 is 10.6 Å². The van der Waals surface area contributed by atoms with Crippen LogP contribution in [-0.2, 0) is 4.79 Å². The molecule has 0 heterocycles. The molecule has 0 saturated heterocycles. The van der Waals surface area contributed by atoms with Crippen LogP contribution in [0.15, 0.2) is 24.3 Å². The lowest BCUT2D eigenvalue weighted by Crippen LogP contribution is -2.35. The van der Waals surface area contributed by atoms with Crippen molar-refractivity contribution in [2.45, 2.75) is 51.9 Å². The molecule has 1 fully saturated rings. The summed E-state index contributed by atoms with van der Waals surface area (Å²) in [7, 11) is 1.84. The van der Waals surface area contributed by atoms with Crippen LogP contribution in [0.2, 0.25) is 0 Å². The van der Waals surface area contributed by atoms with Gasteiger partial charge in [-0.25, -0.2) is 0 Å². The number of para-hydroxylation sites is 2. The van der Waals surface area contributed by atoms with Gasteiger partial charge in [0.25, 0.3) is 0 Å². The van der Waals surface area contributed by atoms with Gasteiger partial charge in [0.15, 0.2) is 0 Å². The third kappa shape index (κ3) is 3.99. The Morgan fingerprint density at radius 2 is 1.90 bits per heavy atom. The van der Waals surface area contributed by atoms with E-state index in [9.17, 15) is 4.79 Å². The van der Waals surface area contributed by atoms with Crippen molar-refractivity contribution in [3.63, 3.8) is 0 Å². The third-order valence-electron chi connectivity index (χ3n) is 4.79. The zero-order chi connectivity index (χ0) is 15.2. The van der Waals surface area contributed by atoms with Gasteiger partial charge in [-0.2, -0.15) is 0 Å². The average Bonchev–Trinajstić information content (AvgIpc) is 2.52. The molecule has 1 aromatic carbocycles. The van der Waals surface area contributed by atoms with Crippen LogP contribution in [0.25, 0.3) is 0 Å². The zero-order valence-corrected chi connectivity index (χ0v) is 13.3. The molecule has 0 aromatic heterocycles. The fourth-order valence-electron chi connectivity index (χ4n) is 3.38. The molecule has 3 heteroatoms. The van der Waals surface area contributed by atoms with Crippen molar-refractivity contribution in [2.75, 3.05) is 17.7 Å². The van der Waals surface area contributed by atoms with E-state index in [1.807, 2.05) is 31.3 Å². The highest BCUT2D eigenvalue weighted by molar-refractivity contribution is 5.97. The molecule has 0 unspecified atom stereocenters. The Morgan fingerprint density at radius 3 is 2.52 bits per heavy atom. The minimum absolute atomic E-state index is 0.174. The zero-order valence-electron chi connectivity index (χ0n) is 13.3. The molecule has 1 aliphatic rings. The molecule has 3 nitrogen and oxygen atoms in total. The van der Waals surface area contributed by atoms with Gasteiger partial charge in [0.2, 0.25) is 5.91 Å². The van der Waals surface area contributed by atoms with Crippen molar-refractivity contribution in [3.05, 3.63) is 24.3 Å². The van der Waals surface area contributed by atoms with Crippen molar-refractivity contribution in [1.82, 2.24) is 0 Å². The van der Waals surface area contributed by atoms with Gasteiger partial charge >= 0.3 is 0 Å². The molecule has 0 radical (unpaired) electrons. The normalized spacial score (nSPS) is 22.0. The monoisotopic (exact) mass is 288 g/mol. The lowest BCUT2D eigenvalue weighted by atomic mass is 9.79. The van der Waals surface area contributed by atoms with Crippen LogP contribution in [0.1, 0.15) is 51.9 Å². The van der Waals surface area contributed by atoms with Gasteiger partial charge in [-0.15, -0.1) is 0 Å². The number of nitrogens with two attached hydrogens (primary N) is 1. The quantitative estimate of drug-likeness (QED) is 0.824. The molecule has 1 aliphatic carbocycles. The van der Waals surface area contributed by atoms with E-state index >= 15 is 0 Å². The van der Waals surface area contributed by atoms with Crippen LogP contribution < -0.4 is 10.6 Å². The van der Waals surface area contributed by atoms with Crippen LogP contribution in [0.5, 0.6) is 0 Å². The van der Waals surface area contributed by atoms with Gasteiger partial charge in [0, 0.05) is 13.0 Å². The number of nitrogen functional groups attached to an aromatic ring is 1. The molecular weight excluding hydrogens is 260 g/mol. The highest BCUT2D eigenvalue weighted by Gasteiger charge is 2.28. The fraction of sp³-hybridized carbons (Fsp3) is 0.611. The predicted octanol–water partition coefficient (Wildman–Crippen LogP) is 4.23. The summed E-state index contributed by atoms with van der Waals surface area (Å²) in [6.45, 7) is 2.24. The molecule has 116 valence electrons. The van der Waals surface area contributed by atoms with E-state index in [1.165, 1.54) is 32.1 Å². The van der Waals surface area contributed by atoms with E-state index in [0.29, 0.717) is 5.69 Å². The summed E-state index contributed by atoms with van der Waals surface area (Å²) in [4.78, 5) is 14.4. The van der Waals surface area contributed by atoms with Crippen LogP contribution >= 0.6 is 0 Å². The van der Waals surface area contributed by atoms with E-state index in [4.69, 9.17) is 5.73 Å². The molecule has 21 heavy (non-hydrogen) atoms. The van der Waals surface area contributed by atoms with E-state index < -0.39 is 0 Å². The highest BCUT2D eigenvalue weighted by atomic mass is 16.2. The van der Waals surface area contributed by atoms with E-state index in [2.05, 4.69) is 6.92 Å². The van der Waals surface area contributed by atoms with E-state index in [1.54, 1.807) is 4.90 Å². The first-order valence-corrected chi connectivity index (χ1v) is 8.25. The first-order valence-electron chi connectivity index (χ1n) is 8.25. The number of hydrogen-bond donors (Lipinski definition) is 1. The molecule has 1 aromatic rings. The summed E-state index contributed by atoms with van der Waals surface area (Å²) >= 11 is 0. The topological polar surface area (TPSA) is 46.3 Å². The molecule has 0 bridgehead atoms. The predicted molar refractivity (Wildman–Crippen MR) is 89.2 cm³/mol. The fourth-order valence-corrected chi connectivity index (χ4v) is 3.38. The summed E-state index contributed by atoms with van der Waals surface area (Å²) in [6, 6.07) is 7.59. The molecule has 1 saturated carbocycles. The van der Waals surface area contributed by atoms with Gasteiger partial charge in [-0.05, 0) is 43.7 Å². The largest absolute Gasteiger partial charge is 0.397 e. The number of unbranched alkanes of at least 4 members (excludes halogenated alkanes) is 1. The van der Waals surface area contributed by atoms with Crippen molar-refractivity contribution in [2.24, 2.45) is 11.8 Å². The Hall–Kier alpha value is -1.51. The van der Waals surface area contributed by atoms with E-state index in [-0.39, 0.29) is 11.8 Å². The lowest BCUT2D eigenvalue weighted by Gasteiger charge is -2.31. The summed E-state index contributed by atoms with van der Waals surface area (Å²) in [5, 5.41) is 0. The summed E-state index contributed by atoms with van der Waals surface area (Å²) in [5.74, 6) is 1.23. The molecule has 1 amide bonds. The van der Waals surface area contributed by atoms with Crippen LogP contribution in [-0.4, -0.2) is 13.0 Å². The third-order valence-corrected chi connectivity index (χ3v) is 4.79. The molecule has 2 rings (SSSR count). The standard InChI is InChI=1S/C18H28N2O/c1-3-4-7-14-10-12-15(13-11-14)18(21)20(2)17-9-6-5-8-16(17)19/h5-6,8-9,14-15H,3-4,7,10-13,19H2,1-2H3. The Morgan fingerprint density at radius 1 is 1.24 bits per heavy atom. The number of amides is 1. The van der Waals surface area contributed by atoms with Crippen LogP contribution in [0, 0.1) is 11.8 Å². The number of carbonyl (C=O) groups is 1. The molecule has 0 aliphatic heterocycles. The number of benzene rings is 1. The van der Waals surface area contributed by atoms with Gasteiger partial charge in [-0.1, -0.05) is 38.3 Å². The Balaban J connectivity index is 1.91. The van der Waals surface area contributed by atoms with Crippen LogP contribution in [0.4, 0.5) is 11.4 Å². The van der Waals surface area contributed by atoms with Crippen molar-refractivity contribution >= 4 is 17.3 Å². The van der Waals surface area contributed by atoms with Crippen molar-refractivity contribution < 1.29 is 4.79 Å². The summed E-state index contributed by atoms with van der Waals surface area (Å²) in [5.41, 5.74) is 7.47. The first kappa shape index (κ1) is 15.9. The number of rotatable bonds is 5.